The minimum atomic E-state index is -3.65. The topological polar surface area (TPSA) is 83.6 Å². The summed E-state index contributed by atoms with van der Waals surface area (Å²) >= 11 is 5.88. The molecule has 134 valence electrons. The van der Waals surface area contributed by atoms with Crippen LogP contribution in [0.1, 0.15) is 12.0 Å². The van der Waals surface area contributed by atoms with Crippen molar-refractivity contribution in [1.82, 2.24) is 0 Å². The summed E-state index contributed by atoms with van der Waals surface area (Å²) in [7, 11) is -6.96. The highest BCUT2D eigenvalue weighted by atomic mass is 35.5. The minimum Gasteiger partial charge on any atom is -0.283 e. The third-order valence-electron chi connectivity index (χ3n) is 3.75. The fourth-order valence-electron chi connectivity index (χ4n) is 2.72. The molecule has 0 atom stereocenters. The van der Waals surface area contributed by atoms with Gasteiger partial charge in [-0.3, -0.25) is 9.03 Å². The molecule has 0 radical (unpaired) electrons. The van der Waals surface area contributed by atoms with E-state index in [0.717, 1.165) is 0 Å². The number of nitrogens with one attached hydrogen (secondary N) is 1. The number of benzene rings is 2. The van der Waals surface area contributed by atoms with Crippen molar-refractivity contribution in [2.24, 2.45) is 0 Å². The van der Waals surface area contributed by atoms with Crippen LogP contribution >= 0.6 is 11.6 Å². The van der Waals surface area contributed by atoms with Crippen molar-refractivity contribution < 1.29 is 16.8 Å². The molecule has 25 heavy (non-hydrogen) atoms. The molecule has 6 nitrogen and oxygen atoms in total. The first kappa shape index (κ1) is 18.0. The molecule has 2 aromatic rings. The molecule has 1 aliphatic heterocycles. The molecule has 0 amide bonds. The van der Waals surface area contributed by atoms with E-state index in [-0.39, 0.29) is 11.5 Å². The minimum absolute atomic E-state index is 0.109. The van der Waals surface area contributed by atoms with Crippen molar-refractivity contribution >= 4 is 43.0 Å². The summed E-state index contributed by atoms with van der Waals surface area (Å²) in [6.45, 7) is 0.404. The summed E-state index contributed by atoms with van der Waals surface area (Å²) in [5.41, 5.74) is 1.35. The van der Waals surface area contributed by atoms with Crippen LogP contribution < -0.4 is 9.03 Å². The van der Waals surface area contributed by atoms with Gasteiger partial charge in [-0.15, -0.1) is 0 Å². The number of rotatable bonds is 5. The molecule has 1 fully saturated rings. The monoisotopic (exact) mass is 400 g/mol. The van der Waals surface area contributed by atoms with Crippen LogP contribution in [0.15, 0.2) is 48.5 Å². The Kier molecular flexibility index (Phi) is 4.95. The molecule has 0 unspecified atom stereocenters. The van der Waals surface area contributed by atoms with Crippen LogP contribution in [0.4, 0.5) is 11.4 Å². The zero-order valence-electron chi connectivity index (χ0n) is 13.2. The van der Waals surface area contributed by atoms with Gasteiger partial charge in [0.15, 0.2) is 0 Å². The van der Waals surface area contributed by atoms with Gasteiger partial charge in [-0.1, -0.05) is 29.8 Å². The van der Waals surface area contributed by atoms with E-state index in [9.17, 15) is 16.8 Å². The standard InChI is InChI=1S/C16H17ClN2O4S2/c17-14-5-1-4-13(10-14)12-24(20,21)18-15-6-2-7-16(11-15)19-8-3-9-25(19,22)23/h1-2,4-7,10-11,18H,3,8-9,12H2. The number of hydrogen-bond donors (Lipinski definition) is 1. The Balaban J connectivity index is 1.80. The van der Waals surface area contributed by atoms with Crippen molar-refractivity contribution in [2.45, 2.75) is 12.2 Å². The van der Waals surface area contributed by atoms with Crippen LogP contribution in [-0.2, 0) is 25.8 Å². The lowest BCUT2D eigenvalue weighted by molar-refractivity contribution is 0.598. The van der Waals surface area contributed by atoms with Crippen molar-refractivity contribution in [2.75, 3.05) is 21.3 Å². The highest BCUT2D eigenvalue weighted by Gasteiger charge is 2.28. The third-order valence-corrected chi connectivity index (χ3v) is 7.12. The van der Waals surface area contributed by atoms with E-state index in [1.807, 2.05) is 0 Å². The number of anilines is 2. The molecule has 1 heterocycles. The maximum atomic E-state index is 12.4. The maximum absolute atomic E-state index is 12.4. The summed E-state index contributed by atoms with van der Waals surface area (Å²) in [6, 6.07) is 13.0. The zero-order valence-corrected chi connectivity index (χ0v) is 15.6. The van der Waals surface area contributed by atoms with Crippen LogP contribution in [-0.4, -0.2) is 29.1 Å². The van der Waals surface area contributed by atoms with E-state index in [4.69, 9.17) is 11.6 Å². The molecule has 0 aliphatic carbocycles. The second kappa shape index (κ2) is 6.86. The van der Waals surface area contributed by atoms with Crippen molar-refractivity contribution in [1.29, 1.82) is 0 Å². The van der Waals surface area contributed by atoms with Gasteiger partial charge < -0.3 is 0 Å². The molecule has 0 spiro atoms. The van der Waals surface area contributed by atoms with E-state index >= 15 is 0 Å². The highest BCUT2D eigenvalue weighted by Crippen LogP contribution is 2.27. The molecular weight excluding hydrogens is 384 g/mol. The Labute approximate surface area is 152 Å². The molecule has 0 bridgehead atoms. The molecule has 1 saturated heterocycles. The smallest absolute Gasteiger partial charge is 0.236 e. The number of halogens is 1. The lowest BCUT2D eigenvalue weighted by Crippen LogP contribution is -2.25. The molecular formula is C16H17ClN2O4S2. The van der Waals surface area contributed by atoms with Gasteiger partial charge in [-0.25, -0.2) is 16.8 Å². The molecule has 9 heteroatoms. The number of hydrogen-bond acceptors (Lipinski definition) is 4. The van der Waals surface area contributed by atoms with Crippen LogP contribution in [0.5, 0.6) is 0 Å². The predicted octanol–water partition coefficient (Wildman–Crippen LogP) is 2.82. The van der Waals surface area contributed by atoms with E-state index < -0.39 is 20.0 Å². The van der Waals surface area contributed by atoms with Gasteiger partial charge in [0.1, 0.15) is 0 Å². The average molecular weight is 401 g/mol. The predicted molar refractivity (Wildman–Crippen MR) is 99.9 cm³/mol. The molecule has 0 saturated carbocycles. The first-order valence-corrected chi connectivity index (χ1v) is 11.2. The second-order valence-electron chi connectivity index (χ2n) is 5.78. The van der Waals surface area contributed by atoms with E-state index in [1.165, 1.54) is 10.4 Å². The summed E-state index contributed by atoms with van der Waals surface area (Å²) < 4.78 is 52.5. The molecule has 2 aromatic carbocycles. The van der Waals surface area contributed by atoms with Crippen molar-refractivity contribution in [3.05, 3.63) is 59.1 Å². The summed E-state index contributed by atoms with van der Waals surface area (Å²) in [6.07, 6.45) is 0.563. The zero-order chi connectivity index (χ0) is 18.1. The van der Waals surface area contributed by atoms with Gasteiger partial charge >= 0.3 is 0 Å². The lowest BCUT2D eigenvalue weighted by atomic mass is 10.2. The Morgan fingerprint density at radius 2 is 1.88 bits per heavy atom. The average Bonchev–Trinajstić information content (AvgIpc) is 2.86. The van der Waals surface area contributed by atoms with E-state index in [2.05, 4.69) is 4.72 Å². The van der Waals surface area contributed by atoms with Crippen LogP contribution in [0.25, 0.3) is 0 Å². The SMILES string of the molecule is O=S(=O)(Cc1cccc(Cl)c1)Nc1cccc(N2CCCS2(=O)=O)c1. The molecule has 0 aromatic heterocycles. The first-order chi connectivity index (χ1) is 11.8. The van der Waals surface area contributed by atoms with Gasteiger partial charge in [0.05, 0.1) is 22.9 Å². The van der Waals surface area contributed by atoms with Crippen LogP contribution in [0, 0.1) is 0 Å². The number of nitrogens with zero attached hydrogens (tertiary/aromatic N) is 1. The van der Waals surface area contributed by atoms with Crippen LogP contribution in [0.3, 0.4) is 0 Å². The van der Waals surface area contributed by atoms with Crippen molar-refractivity contribution in [3.63, 3.8) is 0 Å². The quantitative estimate of drug-likeness (QED) is 0.836. The van der Waals surface area contributed by atoms with Gasteiger partial charge in [-0.05, 0) is 42.3 Å². The lowest BCUT2D eigenvalue weighted by Gasteiger charge is -2.18. The Hall–Kier alpha value is -1.77. The summed E-state index contributed by atoms with van der Waals surface area (Å²) in [5.74, 6) is -0.114. The van der Waals surface area contributed by atoms with E-state index in [1.54, 1.807) is 42.5 Å². The van der Waals surface area contributed by atoms with Gasteiger partial charge in [0.25, 0.3) is 0 Å². The van der Waals surface area contributed by atoms with Crippen LogP contribution in [0.2, 0.25) is 5.02 Å². The highest BCUT2D eigenvalue weighted by molar-refractivity contribution is 7.93. The molecule has 1 aliphatic rings. The summed E-state index contributed by atoms with van der Waals surface area (Å²) in [4.78, 5) is 0. The summed E-state index contributed by atoms with van der Waals surface area (Å²) in [5, 5.41) is 0.467. The Morgan fingerprint density at radius 3 is 2.56 bits per heavy atom. The van der Waals surface area contributed by atoms with Gasteiger partial charge in [0, 0.05) is 11.6 Å². The normalized spacial score (nSPS) is 16.8. The maximum Gasteiger partial charge on any atom is 0.236 e. The Morgan fingerprint density at radius 1 is 1.12 bits per heavy atom. The van der Waals surface area contributed by atoms with Gasteiger partial charge in [-0.2, -0.15) is 0 Å². The molecule has 3 rings (SSSR count). The fourth-order valence-corrected chi connectivity index (χ4v) is 5.66. The number of sulfonamides is 2. The van der Waals surface area contributed by atoms with E-state index in [0.29, 0.717) is 34.9 Å². The second-order valence-corrected chi connectivity index (χ2v) is 9.95. The first-order valence-electron chi connectivity index (χ1n) is 7.61. The Bertz CT molecular complexity index is 991. The van der Waals surface area contributed by atoms with Crippen molar-refractivity contribution in [3.8, 4) is 0 Å². The molecule has 1 N–H and O–H groups in total. The van der Waals surface area contributed by atoms with Gasteiger partial charge in [0.2, 0.25) is 20.0 Å². The third kappa shape index (κ3) is 4.45. The fraction of sp³-hybridized carbons (Fsp3) is 0.250. The largest absolute Gasteiger partial charge is 0.283 e.